The number of nitrogens with zero attached hydrogens (tertiary/aromatic N) is 1. The van der Waals surface area contributed by atoms with Crippen LogP contribution in [0.2, 0.25) is 0 Å². The largest absolute Gasteiger partial charge is 0.493 e. The van der Waals surface area contributed by atoms with Crippen molar-refractivity contribution in [1.82, 2.24) is 5.32 Å². The first-order valence-electron chi connectivity index (χ1n) is 8.72. The van der Waals surface area contributed by atoms with Crippen molar-refractivity contribution in [2.45, 2.75) is 33.4 Å². The Morgan fingerprint density at radius 1 is 1.19 bits per heavy atom. The molecule has 0 aliphatic carbocycles. The molecule has 2 aromatic rings. The molecule has 27 heavy (non-hydrogen) atoms. The third-order valence-electron chi connectivity index (χ3n) is 3.80. The lowest BCUT2D eigenvalue weighted by Gasteiger charge is -2.12. The molecule has 0 atom stereocenters. The molecule has 0 bridgehead atoms. The molecule has 0 spiro atoms. The van der Waals surface area contributed by atoms with E-state index in [4.69, 9.17) is 9.47 Å². The maximum Gasteiger partial charge on any atom is 0.262 e. The zero-order chi connectivity index (χ0) is 19.8. The van der Waals surface area contributed by atoms with Crippen LogP contribution in [0.25, 0.3) is 6.08 Å². The van der Waals surface area contributed by atoms with Gasteiger partial charge >= 0.3 is 0 Å². The molecule has 5 nitrogen and oxygen atoms in total. The third kappa shape index (κ3) is 5.89. The van der Waals surface area contributed by atoms with E-state index in [1.54, 1.807) is 25.3 Å². The maximum atomic E-state index is 12.0. The number of hydrogen-bond donors (Lipinski definition) is 1. The molecular formula is C22H24N2O3. The van der Waals surface area contributed by atoms with E-state index in [2.05, 4.69) is 5.32 Å². The predicted molar refractivity (Wildman–Crippen MR) is 105 cm³/mol. The highest BCUT2D eigenvalue weighted by atomic mass is 16.5. The van der Waals surface area contributed by atoms with Gasteiger partial charge in [-0.05, 0) is 50.1 Å². The zero-order valence-electron chi connectivity index (χ0n) is 16.1. The van der Waals surface area contributed by atoms with E-state index >= 15 is 0 Å². The SMILES string of the molecule is COc1cc(/C=C(/C#N)C(=O)NC(C)C)ccc1OCc1ccc(C)cc1. The maximum absolute atomic E-state index is 12.0. The second kappa shape index (κ2) is 9.44. The topological polar surface area (TPSA) is 71.3 Å². The Balaban J connectivity index is 2.17. The van der Waals surface area contributed by atoms with Crippen LogP contribution in [-0.4, -0.2) is 19.1 Å². The lowest BCUT2D eigenvalue weighted by Crippen LogP contribution is -2.30. The highest BCUT2D eigenvalue weighted by molar-refractivity contribution is 6.01. The molecule has 0 saturated heterocycles. The number of carbonyl (C=O) groups excluding carboxylic acids is 1. The van der Waals surface area contributed by atoms with Crippen molar-refractivity contribution in [3.05, 3.63) is 64.7 Å². The molecule has 0 aromatic heterocycles. The van der Waals surface area contributed by atoms with Crippen LogP contribution < -0.4 is 14.8 Å². The van der Waals surface area contributed by atoms with Gasteiger partial charge in [0.15, 0.2) is 11.5 Å². The van der Waals surface area contributed by atoms with E-state index in [0.29, 0.717) is 23.7 Å². The number of aryl methyl sites for hydroxylation is 1. The number of rotatable bonds is 7. The lowest BCUT2D eigenvalue weighted by atomic mass is 10.1. The van der Waals surface area contributed by atoms with Crippen LogP contribution in [0.1, 0.15) is 30.5 Å². The minimum atomic E-state index is -0.397. The molecule has 0 unspecified atom stereocenters. The summed E-state index contributed by atoms with van der Waals surface area (Å²) in [5.74, 6) is 0.740. The van der Waals surface area contributed by atoms with Crippen molar-refractivity contribution in [1.29, 1.82) is 5.26 Å². The second-order valence-electron chi connectivity index (χ2n) is 6.48. The number of methoxy groups -OCH3 is 1. The number of nitrogens with one attached hydrogen (secondary N) is 1. The third-order valence-corrected chi connectivity index (χ3v) is 3.80. The fourth-order valence-electron chi connectivity index (χ4n) is 2.39. The number of ether oxygens (including phenoxy) is 2. The summed E-state index contributed by atoms with van der Waals surface area (Å²) in [5.41, 5.74) is 2.98. The molecule has 2 aromatic carbocycles. The zero-order valence-corrected chi connectivity index (χ0v) is 16.1. The smallest absolute Gasteiger partial charge is 0.262 e. The molecule has 0 aliphatic rings. The van der Waals surface area contributed by atoms with Gasteiger partial charge in [-0.1, -0.05) is 35.9 Å². The van der Waals surface area contributed by atoms with Crippen molar-refractivity contribution in [3.8, 4) is 17.6 Å². The van der Waals surface area contributed by atoms with Crippen LogP contribution in [0, 0.1) is 18.3 Å². The van der Waals surface area contributed by atoms with Crippen LogP contribution in [0.5, 0.6) is 11.5 Å². The fraction of sp³-hybridized carbons (Fsp3) is 0.273. The highest BCUT2D eigenvalue weighted by Crippen LogP contribution is 2.29. The van der Waals surface area contributed by atoms with Gasteiger partial charge < -0.3 is 14.8 Å². The molecule has 140 valence electrons. The monoisotopic (exact) mass is 364 g/mol. The summed E-state index contributed by atoms with van der Waals surface area (Å²) in [5, 5.41) is 12.0. The lowest BCUT2D eigenvalue weighted by molar-refractivity contribution is -0.117. The van der Waals surface area contributed by atoms with E-state index in [9.17, 15) is 10.1 Å². The van der Waals surface area contributed by atoms with E-state index in [-0.39, 0.29) is 11.6 Å². The van der Waals surface area contributed by atoms with E-state index < -0.39 is 5.91 Å². The number of hydrogen-bond acceptors (Lipinski definition) is 4. The van der Waals surface area contributed by atoms with Gasteiger partial charge in [-0.2, -0.15) is 5.26 Å². The van der Waals surface area contributed by atoms with Crippen LogP contribution in [-0.2, 0) is 11.4 Å². The predicted octanol–water partition coefficient (Wildman–Crippen LogP) is 4.01. The van der Waals surface area contributed by atoms with E-state index in [0.717, 1.165) is 5.56 Å². The van der Waals surface area contributed by atoms with Crippen LogP contribution in [0.15, 0.2) is 48.0 Å². The minimum Gasteiger partial charge on any atom is -0.493 e. The molecule has 1 amide bonds. The summed E-state index contributed by atoms with van der Waals surface area (Å²) < 4.78 is 11.2. The standard InChI is InChI=1S/C22H24N2O3/c1-15(2)24-22(25)19(13-23)11-18-9-10-20(21(12-18)26-4)27-14-17-7-5-16(3)6-8-17/h5-12,15H,14H2,1-4H3,(H,24,25)/b19-11-. The van der Waals surface area contributed by atoms with Crippen LogP contribution in [0.3, 0.4) is 0 Å². The Kier molecular flexibility index (Phi) is 7.01. The molecule has 1 N–H and O–H groups in total. The Hall–Kier alpha value is -3.26. The number of nitriles is 1. The summed E-state index contributed by atoms with van der Waals surface area (Å²) in [6, 6.07) is 15.3. The van der Waals surface area contributed by atoms with Gasteiger partial charge in [0.1, 0.15) is 18.2 Å². The molecule has 5 heteroatoms. The summed E-state index contributed by atoms with van der Waals surface area (Å²) in [7, 11) is 1.55. The summed E-state index contributed by atoms with van der Waals surface area (Å²) >= 11 is 0. The molecule has 0 aliphatic heterocycles. The normalized spacial score (nSPS) is 11.0. The minimum absolute atomic E-state index is 0.0404. The molecular weight excluding hydrogens is 340 g/mol. The van der Waals surface area contributed by atoms with Gasteiger partial charge in [0, 0.05) is 6.04 Å². The van der Waals surface area contributed by atoms with Gasteiger partial charge in [0.2, 0.25) is 0 Å². The van der Waals surface area contributed by atoms with Gasteiger partial charge in [-0.15, -0.1) is 0 Å². The van der Waals surface area contributed by atoms with Gasteiger partial charge in [-0.25, -0.2) is 0 Å². The quantitative estimate of drug-likeness (QED) is 0.595. The first kappa shape index (κ1) is 20.1. The Morgan fingerprint density at radius 3 is 2.48 bits per heavy atom. The molecule has 0 heterocycles. The van der Waals surface area contributed by atoms with Crippen molar-refractivity contribution in [2.75, 3.05) is 7.11 Å². The van der Waals surface area contributed by atoms with E-state index in [1.807, 2.05) is 51.1 Å². The van der Waals surface area contributed by atoms with Gasteiger partial charge in [-0.3, -0.25) is 4.79 Å². The second-order valence-corrected chi connectivity index (χ2v) is 6.48. The first-order valence-corrected chi connectivity index (χ1v) is 8.72. The molecule has 2 rings (SSSR count). The Bertz CT molecular complexity index is 862. The van der Waals surface area contributed by atoms with Gasteiger partial charge in [0.25, 0.3) is 5.91 Å². The highest BCUT2D eigenvalue weighted by Gasteiger charge is 2.11. The van der Waals surface area contributed by atoms with Crippen molar-refractivity contribution >= 4 is 12.0 Å². The van der Waals surface area contributed by atoms with Crippen molar-refractivity contribution in [2.24, 2.45) is 0 Å². The average molecular weight is 364 g/mol. The number of amides is 1. The number of benzene rings is 2. The average Bonchev–Trinajstić information content (AvgIpc) is 2.65. The van der Waals surface area contributed by atoms with Crippen molar-refractivity contribution in [3.63, 3.8) is 0 Å². The van der Waals surface area contributed by atoms with Crippen LogP contribution >= 0.6 is 0 Å². The van der Waals surface area contributed by atoms with E-state index in [1.165, 1.54) is 11.6 Å². The Labute approximate surface area is 160 Å². The first-order chi connectivity index (χ1) is 12.9. The summed E-state index contributed by atoms with van der Waals surface area (Å²) in [6.07, 6.45) is 1.53. The Morgan fingerprint density at radius 2 is 1.89 bits per heavy atom. The number of carbonyl (C=O) groups is 1. The van der Waals surface area contributed by atoms with Crippen LogP contribution in [0.4, 0.5) is 0 Å². The van der Waals surface area contributed by atoms with Gasteiger partial charge in [0.05, 0.1) is 7.11 Å². The van der Waals surface area contributed by atoms with Crippen molar-refractivity contribution < 1.29 is 14.3 Å². The molecule has 0 radical (unpaired) electrons. The molecule has 0 fully saturated rings. The summed E-state index contributed by atoms with van der Waals surface area (Å²) in [4.78, 5) is 12.0. The fourth-order valence-corrected chi connectivity index (χ4v) is 2.39. The summed E-state index contributed by atoms with van der Waals surface area (Å²) in [6.45, 7) is 6.15. The molecule has 0 saturated carbocycles.